The molecule has 0 aliphatic carbocycles. The lowest BCUT2D eigenvalue weighted by Crippen LogP contribution is -2.42. The summed E-state index contributed by atoms with van der Waals surface area (Å²) in [7, 11) is 0. The maximum Gasteiger partial charge on any atom is 0.248 e. The molecular weight excluding hydrogens is 252 g/mol. The van der Waals surface area contributed by atoms with E-state index >= 15 is 0 Å². The van der Waals surface area contributed by atoms with Gasteiger partial charge in [-0.15, -0.1) is 0 Å². The summed E-state index contributed by atoms with van der Waals surface area (Å²) in [5.74, 6) is 0.511. The average Bonchev–Trinajstić information content (AvgIpc) is 2.46. The SMILES string of the molecule is CCCN(CCC)C1CCc2cc(C(N)=O)ccc2O1. The van der Waals surface area contributed by atoms with E-state index < -0.39 is 0 Å². The molecule has 0 radical (unpaired) electrons. The first-order valence-electron chi connectivity index (χ1n) is 7.49. The van der Waals surface area contributed by atoms with Gasteiger partial charge in [-0.3, -0.25) is 9.69 Å². The molecule has 0 fully saturated rings. The molecule has 1 heterocycles. The van der Waals surface area contributed by atoms with Gasteiger partial charge in [0.05, 0.1) is 0 Å². The van der Waals surface area contributed by atoms with Crippen LogP contribution in [-0.4, -0.2) is 30.1 Å². The normalized spacial score (nSPS) is 17.6. The summed E-state index contributed by atoms with van der Waals surface area (Å²) in [5.41, 5.74) is 6.96. The van der Waals surface area contributed by atoms with E-state index in [1.54, 1.807) is 6.07 Å². The van der Waals surface area contributed by atoms with Crippen LogP contribution in [0.2, 0.25) is 0 Å². The van der Waals surface area contributed by atoms with Crippen molar-refractivity contribution in [3.8, 4) is 5.75 Å². The third-order valence-corrected chi connectivity index (χ3v) is 3.70. The van der Waals surface area contributed by atoms with Crippen LogP contribution in [0.3, 0.4) is 0 Å². The van der Waals surface area contributed by atoms with Crippen molar-refractivity contribution >= 4 is 5.91 Å². The quantitative estimate of drug-likeness (QED) is 0.868. The lowest BCUT2D eigenvalue weighted by molar-refractivity contribution is 0.00948. The van der Waals surface area contributed by atoms with Gasteiger partial charge in [-0.05, 0) is 43.0 Å². The number of aryl methyl sites for hydroxylation is 1. The third-order valence-electron chi connectivity index (χ3n) is 3.70. The van der Waals surface area contributed by atoms with Gasteiger partial charge in [0.25, 0.3) is 0 Å². The molecule has 0 saturated heterocycles. The predicted molar refractivity (Wildman–Crippen MR) is 79.9 cm³/mol. The maximum absolute atomic E-state index is 11.2. The van der Waals surface area contributed by atoms with Crippen LogP contribution in [0.5, 0.6) is 5.75 Å². The van der Waals surface area contributed by atoms with Crippen LogP contribution in [-0.2, 0) is 6.42 Å². The molecular formula is C16H24N2O2. The van der Waals surface area contributed by atoms with Gasteiger partial charge in [0, 0.05) is 25.1 Å². The van der Waals surface area contributed by atoms with Crippen molar-refractivity contribution in [2.24, 2.45) is 5.73 Å². The maximum atomic E-state index is 11.2. The Labute approximate surface area is 120 Å². The summed E-state index contributed by atoms with van der Waals surface area (Å²) in [6, 6.07) is 5.48. The van der Waals surface area contributed by atoms with Gasteiger partial charge < -0.3 is 10.5 Å². The predicted octanol–water partition coefficient (Wildman–Crippen LogP) is 2.56. The summed E-state index contributed by atoms with van der Waals surface area (Å²) < 4.78 is 6.11. The van der Waals surface area contributed by atoms with E-state index in [0.717, 1.165) is 50.1 Å². The number of carbonyl (C=O) groups excluding carboxylic acids is 1. The van der Waals surface area contributed by atoms with E-state index in [1.807, 2.05) is 12.1 Å². The highest BCUT2D eigenvalue weighted by Crippen LogP contribution is 2.29. The van der Waals surface area contributed by atoms with E-state index in [9.17, 15) is 4.79 Å². The minimum Gasteiger partial charge on any atom is -0.475 e. The van der Waals surface area contributed by atoms with E-state index in [-0.39, 0.29) is 12.1 Å². The number of ether oxygens (including phenoxy) is 1. The second-order valence-electron chi connectivity index (χ2n) is 5.33. The van der Waals surface area contributed by atoms with Crippen LogP contribution < -0.4 is 10.5 Å². The Hall–Kier alpha value is -1.55. The Kier molecular flexibility index (Phi) is 5.01. The van der Waals surface area contributed by atoms with E-state index in [4.69, 9.17) is 10.5 Å². The first-order valence-corrected chi connectivity index (χ1v) is 7.49. The number of fused-ring (bicyclic) bond motifs is 1. The summed E-state index contributed by atoms with van der Waals surface area (Å²) >= 11 is 0. The molecule has 1 aliphatic heterocycles. The summed E-state index contributed by atoms with van der Waals surface area (Å²) in [6.07, 6.45) is 4.32. The van der Waals surface area contributed by atoms with Gasteiger partial charge in [-0.25, -0.2) is 0 Å². The summed E-state index contributed by atoms with van der Waals surface area (Å²) in [5, 5.41) is 0. The molecule has 1 aliphatic rings. The van der Waals surface area contributed by atoms with Gasteiger partial charge in [-0.1, -0.05) is 13.8 Å². The van der Waals surface area contributed by atoms with Crippen LogP contribution in [0, 0.1) is 0 Å². The van der Waals surface area contributed by atoms with Crippen LogP contribution >= 0.6 is 0 Å². The number of rotatable bonds is 6. The minimum absolute atomic E-state index is 0.154. The molecule has 2 N–H and O–H groups in total. The van der Waals surface area contributed by atoms with Crippen molar-refractivity contribution in [2.75, 3.05) is 13.1 Å². The van der Waals surface area contributed by atoms with Crippen molar-refractivity contribution < 1.29 is 9.53 Å². The smallest absolute Gasteiger partial charge is 0.248 e. The first-order chi connectivity index (χ1) is 9.65. The summed E-state index contributed by atoms with van der Waals surface area (Å²) in [4.78, 5) is 13.6. The molecule has 1 aromatic rings. The standard InChI is InChI=1S/C16H24N2O2/c1-3-9-18(10-4-2)15-8-6-12-11-13(16(17)19)5-7-14(12)20-15/h5,7,11,15H,3-4,6,8-10H2,1-2H3,(H2,17,19). The van der Waals surface area contributed by atoms with Crippen molar-refractivity contribution in [2.45, 2.75) is 45.8 Å². The number of hydrogen-bond donors (Lipinski definition) is 1. The van der Waals surface area contributed by atoms with Gasteiger partial charge in [0.1, 0.15) is 5.75 Å². The molecule has 1 amide bonds. The zero-order chi connectivity index (χ0) is 14.5. The molecule has 2 rings (SSSR count). The fourth-order valence-electron chi connectivity index (χ4n) is 2.76. The number of amides is 1. The lowest BCUT2D eigenvalue weighted by Gasteiger charge is -2.35. The van der Waals surface area contributed by atoms with Crippen molar-refractivity contribution in [3.63, 3.8) is 0 Å². The fourth-order valence-corrected chi connectivity index (χ4v) is 2.76. The van der Waals surface area contributed by atoms with E-state index in [0.29, 0.717) is 5.56 Å². The third kappa shape index (κ3) is 3.31. The molecule has 1 aromatic carbocycles. The van der Waals surface area contributed by atoms with Crippen molar-refractivity contribution in [1.29, 1.82) is 0 Å². The Balaban J connectivity index is 2.12. The highest BCUT2D eigenvalue weighted by molar-refractivity contribution is 5.93. The molecule has 0 bridgehead atoms. The summed E-state index contributed by atoms with van der Waals surface area (Å²) in [6.45, 7) is 6.51. The largest absolute Gasteiger partial charge is 0.475 e. The number of carbonyl (C=O) groups is 1. The first kappa shape index (κ1) is 14.9. The molecule has 1 atom stereocenters. The van der Waals surface area contributed by atoms with Gasteiger partial charge in [0.15, 0.2) is 6.23 Å². The number of nitrogens with two attached hydrogens (primary N) is 1. The zero-order valence-corrected chi connectivity index (χ0v) is 12.4. The van der Waals surface area contributed by atoms with Crippen LogP contribution in [0.1, 0.15) is 49.0 Å². The van der Waals surface area contributed by atoms with Gasteiger partial charge in [0.2, 0.25) is 5.91 Å². The Morgan fingerprint density at radius 3 is 2.65 bits per heavy atom. The van der Waals surface area contributed by atoms with E-state index in [2.05, 4.69) is 18.7 Å². The molecule has 4 nitrogen and oxygen atoms in total. The molecule has 1 unspecified atom stereocenters. The Bertz CT molecular complexity index is 468. The minimum atomic E-state index is -0.381. The second kappa shape index (κ2) is 6.75. The number of hydrogen-bond acceptors (Lipinski definition) is 3. The molecule has 0 saturated carbocycles. The number of nitrogens with zero attached hydrogens (tertiary/aromatic N) is 1. The molecule has 110 valence electrons. The highest BCUT2D eigenvalue weighted by Gasteiger charge is 2.25. The molecule has 4 heteroatoms. The van der Waals surface area contributed by atoms with Gasteiger partial charge in [-0.2, -0.15) is 0 Å². The number of primary amides is 1. The van der Waals surface area contributed by atoms with Crippen molar-refractivity contribution in [1.82, 2.24) is 4.90 Å². The second-order valence-corrected chi connectivity index (χ2v) is 5.33. The number of benzene rings is 1. The van der Waals surface area contributed by atoms with Gasteiger partial charge >= 0.3 is 0 Å². The fraction of sp³-hybridized carbons (Fsp3) is 0.562. The lowest BCUT2D eigenvalue weighted by atomic mass is 10.0. The Morgan fingerprint density at radius 1 is 1.35 bits per heavy atom. The van der Waals surface area contributed by atoms with Crippen LogP contribution in [0.15, 0.2) is 18.2 Å². The topological polar surface area (TPSA) is 55.6 Å². The van der Waals surface area contributed by atoms with E-state index in [1.165, 1.54) is 0 Å². The van der Waals surface area contributed by atoms with Crippen LogP contribution in [0.25, 0.3) is 0 Å². The molecule has 0 spiro atoms. The Morgan fingerprint density at radius 2 is 2.05 bits per heavy atom. The monoisotopic (exact) mass is 276 g/mol. The molecule has 20 heavy (non-hydrogen) atoms. The highest BCUT2D eigenvalue weighted by atomic mass is 16.5. The molecule has 0 aromatic heterocycles. The average molecular weight is 276 g/mol. The van der Waals surface area contributed by atoms with Crippen molar-refractivity contribution in [3.05, 3.63) is 29.3 Å². The van der Waals surface area contributed by atoms with Crippen LogP contribution in [0.4, 0.5) is 0 Å². The zero-order valence-electron chi connectivity index (χ0n) is 12.4.